The second kappa shape index (κ2) is 8.84. The largest absolute Gasteiger partial charge is 0.349 e. The molecule has 8 nitrogen and oxygen atoms in total. The maximum atomic E-state index is 12.8. The van der Waals surface area contributed by atoms with E-state index in [0.717, 1.165) is 17.0 Å². The standard InChI is InChI=1S/C23H27N5O3S/c1-16-4-7-21(8-5-16)32(30,31)27-12-10-20(11-13-27)25-23(29)19-6-9-22(24-15-19)28-18(3)14-17(2)26-28/h4-9,14-15,20H,10-13H2,1-3H3,(H,25,29). The number of pyridine rings is 1. The zero-order valence-corrected chi connectivity index (χ0v) is 19.3. The molecule has 3 heterocycles. The molecule has 0 atom stereocenters. The molecular weight excluding hydrogens is 426 g/mol. The first-order chi connectivity index (χ1) is 15.2. The van der Waals surface area contributed by atoms with Crippen LogP contribution in [0.3, 0.4) is 0 Å². The van der Waals surface area contributed by atoms with Crippen LogP contribution < -0.4 is 5.32 Å². The van der Waals surface area contributed by atoms with Crippen molar-refractivity contribution in [1.29, 1.82) is 0 Å². The first kappa shape index (κ1) is 22.2. The lowest BCUT2D eigenvalue weighted by Crippen LogP contribution is -2.46. The number of rotatable bonds is 5. The van der Waals surface area contributed by atoms with E-state index in [4.69, 9.17) is 0 Å². The van der Waals surface area contributed by atoms with Crippen LogP contribution in [-0.2, 0) is 10.0 Å². The number of carbonyl (C=O) groups excluding carboxylic acids is 1. The molecule has 4 rings (SSSR count). The van der Waals surface area contributed by atoms with Crippen LogP contribution in [0.1, 0.15) is 40.2 Å². The summed E-state index contributed by atoms with van der Waals surface area (Å²) < 4.78 is 28.9. The molecule has 1 saturated heterocycles. The summed E-state index contributed by atoms with van der Waals surface area (Å²) in [5.41, 5.74) is 3.36. The molecule has 1 aromatic carbocycles. The second-order valence-electron chi connectivity index (χ2n) is 8.21. The fraction of sp³-hybridized carbons (Fsp3) is 0.348. The molecule has 0 bridgehead atoms. The van der Waals surface area contributed by atoms with Crippen LogP contribution in [0.4, 0.5) is 0 Å². The molecule has 3 aromatic rings. The van der Waals surface area contributed by atoms with Gasteiger partial charge in [0.2, 0.25) is 10.0 Å². The highest BCUT2D eigenvalue weighted by Gasteiger charge is 2.30. The van der Waals surface area contributed by atoms with E-state index >= 15 is 0 Å². The van der Waals surface area contributed by atoms with Crippen molar-refractivity contribution in [3.8, 4) is 5.82 Å². The molecule has 1 N–H and O–H groups in total. The monoisotopic (exact) mass is 453 g/mol. The van der Waals surface area contributed by atoms with Crippen LogP contribution in [0.25, 0.3) is 5.82 Å². The van der Waals surface area contributed by atoms with Crippen LogP contribution in [0.2, 0.25) is 0 Å². The first-order valence-electron chi connectivity index (χ1n) is 10.6. The number of hydrogen-bond donors (Lipinski definition) is 1. The van der Waals surface area contributed by atoms with E-state index in [0.29, 0.717) is 42.2 Å². The van der Waals surface area contributed by atoms with Gasteiger partial charge in [0.05, 0.1) is 16.2 Å². The van der Waals surface area contributed by atoms with E-state index in [2.05, 4.69) is 15.4 Å². The lowest BCUT2D eigenvalue weighted by molar-refractivity contribution is 0.0923. The molecule has 0 unspecified atom stereocenters. The lowest BCUT2D eigenvalue weighted by Gasteiger charge is -2.31. The number of aryl methyl sites for hydroxylation is 3. The van der Waals surface area contributed by atoms with Crippen LogP contribution in [0.5, 0.6) is 0 Å². The van der Waals surface area contributed by atoms with Gasteiger partial charge in [-0.15, -0.1) is 0 Å². The van der Waals surface area contributed by atoms with E-state index in [9.17, 15) is 13.2 Å². The Morgan fingerprint density at radius 1 is 1.03 bits per heavy atom. The molecule has 0 saturated carbocycles. The quantitative estimate of drug-likeness (QED) is 0.641. The number of amides is 1. The summed E-state index contributed by atoms with van der Waals surface area (Å²) >= 11 is 0. The topological polar surface area (TPSA) is 97.2 Å². The van der Waals surface area contributed by atoms with Crippen molar-refractivity contribution in [2.75, 3.05) is 13.1 Å². The maximum Gasteiger partial charge on any atom is 0.253 e. The zero-order valence-electron chi connectivity index (χ0n) is 18.4. The normalized spacial score (nSPS) is 15.6. The Labute approximate surface area is 188 Å². The predicted molar refractivity (Wildman–Crippen MR) is 121 cm³/mol. The van der Waals surface area contributed by atoms with Crippen molar-refractivity contribution < 1.29 is 13.2 Å². The Morgan fingerprint density at radius 3 is 2.28 bits per heavy atom. The molecule has 32 heavy (non-hydrogen) atoms. The Balaban J connectivity index is 1.35. The zero-order chi connectivity index (χ0) is 22.9. The highest BCUT2D eigenvalue weighted by atomic mass is 32.2. The van der Waals surface area contributed by atoms with E-state index in [-0.39, 0.29) is 11.9 Å². The molecular formula is C23H27N5O3S. The summed E-state index contributed by atoms with van der Waals surface area (Å²) in [4.78, 5) is 17.3. The van der Waals surface area contributed by atoms with E-state index in [1.807, 2.05) is 26.8 Å². The third kappa shape index (κ3) is 4.58. The summed E-state index contributed by atoms with van der Waals surface area (Å²) in [6.07, 6.45) is 2.67. The molecule has 1 aliphatic rings. The van der Waals surface area contributed by atoms with Crippen LogP contribution in [0, 0.1) is 20.8 Å². The Morgan fingerprint density at radius 2 is 1.72 bits per heavy atom. The molecule has 168 valence electrons. The number of carbonyl (C=O) groups is 1. The van der Waals surface area contributed by atoms with Crippen molar-refractivity contribution in [2.24, 2.45) is 0 Å². The van der Waals surface area contributed by atoms with Gasteiger partial charge < -0.3 is 5.32 Å². The van der Waals surface area contributed by atoms with Gasteiger partial charge in [0.25, 0.3) is 5.91 Å². The summed E-state index contributed by atoms with van der Waals surface area (Å²) in [6, 6.07) is 12.3. The van der Waals surface area contributed by atoms with Gasteiger partial charge in [-0.25, -0.2) is 18.1 Å². The molecule has 9 heteroatoms. The third-order valence-corrected chi connectivity index (χ3v) is 7.60. The van der Waals surface area contributed by atoms with E-state index in [1.54, 1.807) is 41.1 Å². The fourth-order valence-corrected chi connectivity index (χ4v) is 5.34. The molecule has 0 radical (unpaired) electrons. The van der Waals surface area contributed by atoms with Gasteiger partial charge >= 0.3 is 0 Å². The molecule has 1 amide bonds. The fourth-order valence-electron chi connectivity index (χ4n) is 3.88. The van der Waals surface area contributed by atoms with Crippen LogP contribution >= 0.6 is 0 Å². The minimum absolute atomic E-state index is 0.0809. The predicted octanol–water partition coefficient (Wildman–Crippen LogP) is 2.78. The number of nitrogens with zero attached hydrogens (tertiary/aromatic N) is 4. The number of hydrogen-bond acceptors (Lipinski definition) is 5. The van der Waals surface area contributed by atoms with Gasteiger partial charge in [-0.2, -0.15) is 9.40 Å². The number of nitrogens with one attached hydrogen (secondary N) is 1. The maximum absolute atomic E-state index is 12.8. The van der Waals surface area contributed by atoms with Crippen LogP contribution in [-0.4, -0.2) is 52.5 Å². The SMILES string of the molecule is Cc1ccc(S(=O)(=O)N2CCC(NC(=O)c3ccc(-n4nc(C)cc4C)nc3)CC2)cc1. The van der Waals surface area contributed by atoms with Crippen molar-refractivity contribution in [3.63, 3.8) is 0 Å². The number of sulfonamides is 1. The van der Waals surface area contributed by atoms with Gasteiger partial charge in [0, 0.05) is 31.0 Å². The minimum atomic E-state index is -3.51. The van der Waals surface area contributed by atoms with Gasteiger partial charge in [0.15, 0.2) is 5.82 Å². The summed E-state index contributed by atoms with van der Waals surface area (Å²) in [5, 5.41) is 7.41. The molecule has 0 aliphatic carbocycles. The number of benzene rings is 1. The smallest absolute Gasteiger partial charge is 0.253 e. The summed E-state index contributed by atoms with van der Waals surface area (Å²) in [6.45, 7) is 6.54. The second-order valence-corrected chi connectivity index (χ2v) is 10.1. The summed E-state index contributed by atoms with van der Waals surface area (Å²) in [7, 11) is -3.51. The Hall–Kier alpha value is -3.04. The van der Waals surface area contributed by atoms with Crippen molar-refractivity contribution in [2.45, 2.75) is 44.6 Å². The summed E-state index contributed by atoms with van der Waals surface area (Å²) in [5.74, 6) is 0.444. The average molecular weight is 454 g/mol. The third-order valence-electron chi connectivity index (χ3n) is 5.68. The van der Waals surface area contributed by atoms with Crippen molar-refractivity contribution in [1.82, 2.24) is 24.4 Å². The van der Waals surface area contributed by atoms with Crippen molar-refractivity contribution in [3.05, 3.63) is 71.2 Å². The Kier molecular flexibility index (Phi) is 6.12. The van der Waals surface area contributed by atoms with E-state index < -0.39 is 10.0 Å². The lowest BCUT2D eigenvalue weighted by atomic mass is 10.1. The first-order valence-corrected chi connectivity index (χ1v) is 12.1. The molecule has 0 spiro atoms. The Bertz CT molecular complexity index is 1210. The molecule has 1 aliphatic heterocycles. The minimum Gasteiger partial charge on any atom is -0.349 e. The van der Waals surface area contributed by atoms with Gasteiger partial charge in [0.1, 0.15) is 0 Å². The molecule has 1 fully saturated rings. The van der Waals surface area contributed by atoms with Crippen LogP contribution in [0.15, 0.2) is 53.6 Å². The molecule has 2 aromatic heterocycles. The number of aromatic nitrogens is 3. The highest BCUT2D eigenvalue weighted by molar-refractivity contribution is 7.89. The van der Waals surface area contributed by atoms with E-state index in [1.165, 1.54) is 10.5 Å². The number of piperidine rings is 1. The van der Waals surface area contributed by atoms with Gasteiger partial charge in [-0.05, 0) is 63.9 Å². The van der Waals surface area contributed by atoms with Gasteiger partial charge in [-0.1, -0.05) is 17.7 Å². The average Bonchev–Trinajstić information content (AvgIpc) is 3.12. The highest BCUT2D eigenvalue weighted by Crippen LogP contribution is 2.21. The van der Waals surface area contributed by atoms with Crippen molar-refractivity contribution >= 4 is 15.9 Å². The van der Waals surface area contributed by atoms with Gasteiger partial charge in [-0.3, -0.25) is 4.79 Å².